The molecular formula is C15H14FN5O2S2. The van der Waals surface area contributed by atoms with Crippen LogP contribution in [0.1, 0.15) is 5.56 Å². The maximum absolute atomic E-state index is 13.2. The van der Waals surface area contributed by atoms with Crippen molar-refractivity contribution in [2.24, 2.45) is 0 Å². The number of nitrogen functional groups attached to an aromatic ring is 1. The van der Waals surface area contributed by atoms with E-state index < -0.39 is 0 Å². The Balaban J connectivity index is 2.39. The second kappa shape index (κ2) is 7.11. The molecule has 0 saturated heterocycles. The fourth-order valence-corrected chi connectivity index (χ4v) is 3.58. The number of ether oxygens (including phenoxy) is 2. The van der Waals surface area contributed by atoms with Crippen LogP contribution in [0.2, 0.25) is 0 Å². The molecule has 0 unspecified atom stereocenters. The van der Waals surface area contributed by atoms with Crippen molar-refractivity contribution < 1.29 is 13.4 Å². The fourth-order valence-electron chi connectivity index (χ4n) is 2.51. The lowest BCUT2D eigenvalue weighted by molar-refractivity contribution is 0.389. The number of allylic oxidation sites excluding steroid dienone is 1. The molecule has 25 heavy (non-hydrogen) atoms. The molecule has 0 atom stereocenters. The van der Waals surface area contributed by atoms with E-state index in [2.05, 4.69) is 9.97 Å². The number of fused-ring (bicyclic) bond motifs is 1. The minimum Gasteiger partial charge on any atom is -0.494 e. The van der Waals surface area contributed by atoms with E-state index in [-0.39, 0.29) is 18.2 Å². The Morgan fingerprint density at radius 3 is 2.84 bits per heavy atom. The van der Waals surface area contributed by atoms with Gasteiger partial charge in [-0.05, 0) is 12.2 Å². The van der Waals surface area contributed by atoms with E-state index in [0.29, 0.717) is 34.0 Å². The van der Waals surface area contributed by atoms with Crippen LogP contribution >= 0.6 is 23.7 Å². The Morgan fingerprint density at radius 1 is 1.40 bits per heavy atom. The summed E-state index contributed by atoms with van der Waals surface area (Å²) < 4.78 is 26.2. The van der Waals surface area contributed by atoms with E-state index >= 15 is 0 Å². The second-order valence-electron chi connectivity index (χ2n) is 4.80. The van der Waals surface area contributed by atoms with Gasteiger partial charge in [-0.1, -0.05) is 0 Å². The quantitative estimate of drug-likeness (QED) is 0.632. The van der Waals surface area contributed by atoms with Gasteiger partial charge in [-0.3, -0.25) is 0 Å². The average Bonchev–Trinajstić information content (AvgIpc) is 3.22. The number of nitrogens with zero attached hydrogens (tertiary/aromatic N) is 3. The van der Waals surface area contributed by atoms with Crippen LogP contribution in [0.4, 0.5) is 9.70 Å². The van der Waals surface area contributed by atoms with Crippen molar-refractivity contribution in [1.29, 1.82) is 5.41 Å². The Morgan fingerprint density at radius 2 is 2.20 bits per heavy atom. The van der Waals surface area contributed by atoms with Crippen molar-refractivity contribution in [2.45, 2.75) is 0 Å². The summed E-state index contributed by atoms with van der Waals surface area (Å²) in [5.74, 6) is 1.02. The molecule has 0 aromatic carbocycles. The molecule has 3 aromatic heterocycles. The molecule has 0 fully saturated rings. The third kappa shape index (κ3) is 2.83. The van der Waals surface area contributed by atoms with Crippen LogP contribution < -0.4 is 15.2 Å². The van der Waals surface area contributed by atoms with Gasteiger partial charge in [-0.2, -0.15) is 4.98 Å². The van der Waals surface area contributed by atoms with Crippen LogP contribution in [0.15, 0.2) is 17.8 Å². The molecule has 3 heterocycles. The van der Waals surface area contributed by atoms with Crippen molar-refractivity contribution in [2.75, 3.05) is 20.0 Å². The van der Waals surface area contributed by atoms with Gasteiger partial charge in [0, 0.05) is 23.5 Å². The van der Waals surface area contributed by atoms with Crippen molar-refractivity contribution in [3.05, 3.63) is 23.3 Å². The summed E-state index contributed by atoms with van der Waals surface area (Å²) in [6.45, 7) is 0. The van der Waals surface area contributed by atoms with E-state index in [9.17, 15) is 3.89 Å². The number of aromatic nitrogens is 3. The zero-order chi connectivity index (χ0) is 18.0. The van der Waals surface area contributed by atoms with E-state index in [1.54, 1.807) is 17.8 Å². The number of anilines is 1. The van der Waals surface area contributed by atoms with E-state index in [1.165, 1.54) is 35.6 Å². The van der Waals surface area contributed by atoms with Gasteiger partial charge in [0.15, 0.2) is 23.7 Å². The second-order valence-corrected chi connectivity index (χ2v) is 6.18. The predicted octanol–water partition coefficient (Wildman–Crippen LogP) is 3.80. The number of halogens is 1. The molecule has 0 aliphatic carbocycles. The smallest absolute Gasteiger partial charge is 0.227 e. The molecular weight excluding hydrogens is 365 g/mol. The maximum atomic E-state index is 13.2. The van der Waals surface area contributed by atoms with Gasteiger partial charge in [-0.25, -0.2) is 8.96 Å². The molecule has 7 nitrogen and oxygen atoms in total. The van der Waals surface area contributed by atoms with Crippen LogP contribution in [0.25, 0.3) is 27.6 Å². The Kier molecular flexibility index (Phi) is 4.91. The molecule has 0 radical (unpaired) electrons. The van der Waals surface area contributed by atoms with Gasteiger partial charge >= 0.3 is 0 Å². The first-order valence-corrected chi connectivity index (χ1v) is 8.54. The highest BCUT2D eigenvalue weighted by molar-refractivity contribution is 7.92. The lowest BCUT2D eigenvalue weighted by Crippen LogP contribution is -1.97. The maximum Gasteiger partial charge on any atom is 0.227 e. The monoisotopic (exact) mass is 379 g/mol. The molecule has 130 valence electrons. The summed E-state index contributed by atoms with van der Waals surface area (Å²) >= 11 is 1.36. The summed E-state index contributed by atoms with van der Waals surface area (Å²) in [7, 11) is 3.02. The largest absolute Gasteiger partial charge is 0.494 e. The van der Waals surface area contributed by atoms with Crippen molar-refractivity contribution in [3.63, 3.8) is 0 Å². The lowest BCUT2D eigenvalue weighted by atomic mass is 10.0. The van der Waals surface area contributed by atoms with Gasteiger partial charge in [0.1, 0.15) is 10.5 Å². The number of methoxy groups -OCH3 is 2. The Hall–Kier alpha value is -2.59. The zero-order valence-electron chi connectivity index (χ0n) is 13.3. The van der Waals surface area contributed by atoms with E-state index in [4.69, 9.17) is 20.6 Å². The van der Waals surface area contributed by atoms with Crippen LogP contribution in [0.5, 0.6) is 11.6 Å². The molecule has 3 N–H and O–H groups in total. The van der Waals surface area contributed by atoms with Crippen molar-refractivity contribution in [1.82, 2.24) is 13.9 Å². The number of thiazole rings is 1. The number of hydrogen-bond donors (Lipinski definition) is 2. The molecule has 0 aliphatic rings. The molecule has 3 aromatic rings. The summed E-state index contributed by atoms with van der Waals surface area (Å²) in [5, 5.41) is 7.19. The van der Waals surface area contributed by atoms with Gasteiger partial charge in [0.2, 0.25) is 5.88 Å². The lowest BCUT2D eigenvalue weighted by Gasteiger charge is -2.13. The van der Waals surface area contributed by atoms with Crippen LogP contribution in [0.3, 0.4) is 0 Å². The number of rotatable bonds is 6. The zero-order valence-corrected chi connectivity index (χ0v) is 14.9. The fraction of sp³-hybridized carbons (Fsp3) is 0.133. The Bertz CT molecular complexity index is 967. The number of pyridine rings is 1. The highest BCUT2D eigenvalue weighted by Gasteiger charge is 2.25. The van der Waals surface area contributed by atoms with Gasteiger partial charge in [0.25, 0.3) is 0 Å². The summed E-state index contributed by atoms with van der Waals surface area (Å²) in [5.41, 5.74) is 9.87. The standard InChI is InChI=1S/C15H14FN5O2S2/c1-22-11-10(15(23-2)20-14-12(11)24-7-19-14)9-6-21(25-16)13(18)8(9)4-3-5-17/h3-7,17H,18H2,1-2H3. The SMILES string of the molecule is COc1nc2ncsc2c(OC)c1-c1cn(SF)c(N)c1C=CC=N. The van der Waals surface area contributed by atoms with Crippen LogP contribution in [-0.4, -0.2) is 34.4 Å². The van der Waals surface area contributed by atoms with Crippen LogP contribution in [-0.2, 0) is 0 Å². The molecule has 0 bridgehead atoms. The highest BCUT2D eigenvalue weighted by atomic mass is 32.2. The molecule has 0 amide bonds. The number of hydrogen-bond acceptors (Lipinski definition) is 8. The molecule has 0 aliphatic heterocycles. The van der Waals surface area contributed by atoms with Gasteiger partial charge in [0.05, 0.1) is 25.3 Å². The van der Waals surface area contributed by atoms with Crippen LogP contribution in [0, 0.1) is 5.41 Å². The summed E-state index contributed by atoms with van der Waals surface area (Å²) in [6, 6.07) is 0. The minimum atomic E-state index is -0.0203. The average molecular weight is 379 g/mol. The first kappa shape index (κ1) is 17.2. The van der Waals surface area contributed by atoms with Gasteiger partial charge < -0.3 is 20.6 Å². The normalized spacial score (nSPS) is 11.3. The Labute approximate surface area is 151 Å². The summed E-state index contributed by atoms with van der Waals surface area (Å²) in [4.78, 5) is 8.59. The third-order valence-electron chi connectivity index (χ3n) is 3.55. The van der Waals surface area contributed by atoms with Crippen molar-refractivity contribution >= 4 is 52.1 Å². The molecule has 0 saturated carbocycles. The number of nitrogens with two attached hydrogens (primary N) is 1. The topological polar surface area (TPSA) is 99.0 Å². The predicted molar refractivity (Wildman–Crippen MR) is 100 cm³/mol. The van der Waals surface area contributed by atoms with E-state index in [1.807, 2.05) is 0 Å². The number of nitrogens with one attached hydrogen (secondary N) is 1. The molecule has 3 rings (SSSR count). The molecule has 0 spiro atoms. The first-order chi connectivity index (χ1) is 12.2. The third-order valence-corrected chi connectivity index (χ3v) is 4.82. The van der Waals surface area contributed by atoms with E-state index in [0.717, 1.165) is 10.9 Å². The van der Waals surface area contributed by atoms with Crippen molar-refractivity contribution in [3.8, 4) is 22.8 Å². The summed E-state index contributed by atoms with van der Waals surface area (Å²) in [6.07, 6.45) is 5.78. The minimum absolute atomic E-state index is 0.0203. The highest BCUT2D eigenvalue weighted by Crippen LogP contribution is 2.46. The first-order valence-electron chi connectivity index (χ1n) is 6.98. The van der Waals surface area contributed by atoms with Gasteiger partial charge in [-0.15, -0.1) is 15.2 Å². The molecule has 10 heteroatoms.